The van der Waals surface area contributed by atoms with Gasteiger partial charge >= 0.3 is 0 Å². The Kier molecular flexibility index (Phi) is 5.56. The monoisotopic (exact) mass is 349 g/mol. The molecule has 1 aromatic rings. The lowest BCUT2D eigenvalue weighted by atomic mass is 9.84. The summed E-state index contributed by atoms with van der Waals surface area (Å²) in [4.78, 5) is 29.7. The van der Waals surface area contributed by atoms with Crippen molar-refractivity contribution in [3.8, 4) is 0 Å². The van der Waals surface area contributed by atoms with E-state index in [9.17, 15) is 9.59 Å². The van der Waals surface area contributed by atoms with Crippen LogP contribution in [0.25, 0.3) is 0 Å². The Morgan fingerprint density at radius 3 is 2.58 bits per heavy atom. The Hall–Kier alpha value is -1.40. The average molecular weight is 350 g/mol. The highest BCUT2D eigenvalue weighted by Gasteiger charge is 2.34. The van der Waals surface area contributed by atoms with E-state index >= 15 is 0 Å². The Bertz CT molecular complexity index is 567. The molecule has 0 aromatic carbocycles. The Morgan fingerprint density at radius 2 is 1.92 bits per heavy atom. The Morgan fingerprint density at radius 1 is 1.21 bits per heavy atom. The molecule has 3 heterocycles. The SMILES string of the molecule is CC(NC(=O)c1cccs1)C(=O)N1CCC(C2CCN(C)CC2)C1. The van der Waals surface area contributed by atoms with Gasteiger partial charge in [0.05, 0.1) is 4.88 Å². The lowest BCUT2D eigenvalue weighted by molar-refractivity contribution is -0.132. The number of likely N-dealkylation sites (tertiary alicyclic amines) is 2. The number of nitrogens with one attached hydrogen (secondary N) is 1. The summed E-state index contributed by atoms with van der Waals surface area (Å²) in [5.74, 6) is 1.27. The van der Waals surface area contributed by atoms with E-state index in [0.29, 0.717) is 10.8 Å². The van der Waals surface area contributed by atoms with Gasteiger partial charge in [0, 0.05) is 13.1 Å². The molecule has 0 aliphatic carbocycles. The van der Waals surface area contributed by atoms with E-state index in [-0.39, 0.29) is 11.8 Å². The van der Waals surface area contributed by atoms with Crippen molar-refractivity contribution in [2.75, 3.05) is 33.2 Å². The summed E-state index contributed by atoms with van der Waals surface area (Å²) in [5, 5.41) is 4.70. The number of nitrogens with zero attached hydrogens (tertiary/aromatic N) is 2. The van der Waals surface area contributed by atoms with Crippen molar-refractivity contribution in [3.05, 3.63) is 22.4 Å². The van der Waals surface area contributed by atoms with E-state index < -0.39 is 6.04 Å². The molecular formula is C18H27N3O2S. The van der Waals surface area contributed by atoms with Gasteiger partial charge in [0.2, 0.25) is 5.91 Å². The molecule has 2 atom stereocenters. The zero-order valence-corrected chi connectivity index (χ0v) is 15.3. The van der Waals surface area contributed by atoms with Crippen LogP contribution in [0.3, 0.4) is 0 Å². The van der Waals surface area contributed by atoms with Gasteiger partial charge in [0.1, 0.15) is 6.04 Å². The smallest absolute Gasteiger partial charge is 0.261 e. The van der Waals surface area contributed by atoms with E-state index in [1.165, 1.54) is 37.3 Å². The van der Waals surface area contributed by atoms with Gasteiger partial charge in [0.25, 0.3) is 5.91 Å². The molecule has 24 heavy (non-hydrogen) atoms. The van der Waals surface area contributed by atoms with Crippen molar-refractivity contribution < 1.29 is 9.59 Å². The van der Waals surface area contributed by atoms with Crippen LogP contribution in [-0.4, -0.2) is 60.9 Å². The fourth-order valence-corrected chi connectivity index (χ4v) is 4.51. The van der Waals surface area contributed by atoms with E-state index in [0.717, 1.165) is 25.4 Å². The molecule has 0 bridgehead atoms. The van der Waals surface area contributed by atoms with Crippen LogP contribution in [0.15, 0.2) is 17.5 Å². The summed E-state index contributed by atoms with van der Waals surface area (Å²) in [6.45, 7) is 5.81. The molecule has 2 aliphatic rings. The van der Waals surface area contributed by atoms with Gasteiger partial charge < -0.3 is 15.1 Å². The first kappa shape index (κ1) is 17.4. The van der Waals surface area contributed by atoms with E-state index in [1.54, 1.807) is 13.0 Å². The average Bonchev–Trinajstić information content (AvgIpc) is 3.26. The molecule has 1 aromatic heterocycles. The molecule has 6 heteroatoms. The van der Waals surface area contributed by atoms with Crippen LogP contribution in [-0.2, 0) is 4.79 Å². The van der Waals surface area contributed by atoms with Gasteiger partial charge in [-0.25, -0.2) is 0 Å². The fraction of sp³-hybridized carbons (Fsp3) is 0.667. The highest BCUT2D eigenvalue weighted by atomic mass is 32.1. The van der Waals surface area contributed by atoms with E-state index in [4.69, 9.17) is 0 Å². The quantitative estimate of drug-likeness (QED) is 0.905. The van der Waals surface area contributed by atoms with E-state index in [1.807, 2.05) is 16.3 Å². The summed E-state index contributed by atoms with van der Waals surface area (Å²) >= 11 is 1.40. The van der Waals surface area contributed by atoms with Crippen molar-refractivity contribution in [3.63, 3.8) is 0 Å². The standard InChI is InChI=1S/C18H27N3O2S/c1-13(19-17(22)16-4-3-11-24-16)18(23)21-10-7-15(12-21)14-5-8-20(2)9-6-14/h3-4,11,13-15H,5-10,12H2,1-2H3,(H,19,22). The molecule has 2 aliphatic heterocycles. The zero-order valence-electron chi connectivity index (χ0n) is 14.5. The predicted octanol–water partition coefficient (Wildman–Crippen LogP) is 2.06. The summed E-state index contributed by atoms with van der Waals surface area (Å²) < 4.78 is 0. The Balaban J connectivity index is 1.49. The number of carbonyl (C=O) groups is 2. The third-order valence-electron chi connectivity index (χ3n) is 5.43. The number of amides is 2. The molecule has 2 fully saturated rings. The maximum atomic E-state index is 12.6. The third-order valence-corrected chi connectivity index (χ3v) is 6.30. The second kappa shape index (κ2) is 7.66. The minimum atomic E-state index is -0.462. The van der Waals surface area contributed by atoms with Crippen LogP contribution in [0.4, 0.5) is 0 Å². The zero-order chi connectivity index (χ0) is 17.1. The molecular weight excluding hydrogens is 322 g/mol. The highest BCUT2D eigenvalue weighted by Crippen LogP contribution is 2.31. The van der Waals surface area contributed by atoms with Crippen molar-refractivity contribution in [2.24, 2.45) is 11.8 Å². The number of hydrogen-bond acceptors (Lipinski definition) is 4. The maximum absolute atomic E-state index is 12.6. The van der Waals surface area contributed by atoms with Crippen LogP contribution in [0.5, 0.6) is 0 Å². The van der Waals surface area contributed by atoms with Crippen LogP contribution < -0.4 is 5.32 Å². The first-order valence-corrected chi connectivity index (χ1v) is 9.74. The summed E-state index contributed by atoms with van der Waals surface area (Å²) in [7, 11) is 2.18. The van der Waals surface area contributed by atoms with Gasteiger partial charge in [-0.05, 0) is 69.6 Å². The van der Waals surface area contributed by atoms with Crippen molar-refractivity contribution >= 4 is 23.2 Å². The van der Waals surface area contributed by atoms with Crippen molar-refractivity contribution in [2.45, 2.75) is 32.2 Å². The molecule has 0 radical (unpaired) electrons. The highest BCUT2D eigenvalue weighted by molar-refractivity contribution is 7.12. The largest absolute Gasteiger partial charge is 0.341 e. The molecule has 2 unspecified atom stereocenters. The maximum Gasteiger partial charge on any atom is 0.261 e. The van der Waals surface area contributed by atoms with Crippen LogP contribution in [0.2, 0.25) is 0 Å². The van der Waals surface area contributed by atoms with Gasteiger partial charge in [-0.2, -0.15) is 0 Å². The number of piperidine rings is 1. The number of rotatable bonds is 4. The normalized spacial score (nSPS) is 24.1. The minimum Gasteiger partial charge on any atom is -0.341 e. The van der Waals surface area contributed by atoms with Crippen LogP contribution >= 0.6 is 11.3 Å². The van der Waals surface area contributed by atoms with Crippen molar-refractivity contribution in [1.82, 2.24) is 15.1 Å². The lowest BCUT2D eigenvalue weighted by Gasteiger charge is -2.32. The van der Waals surface area contributed by atoms with E-state index in [2.05, 4.69) is 17.3 Å². The summed E-state index contributed by atoms with van der Waals surface area (Å²) in [5.41, 5.74) is 0. The number of hydrogen-bond donors (Lipinski definition) is 1. The van der Waals surface area contributed by atoms with Gasteiger partial charge in [-0.1, -0.05) is 6.07 Å². The fourth-order valence-electron chi connectivity index (χ4n) is 3.88. The molecule has 132 valence electrons. The molecule has 2 saturated heterocycles. The number of thiophene rings is 1. The second-order valence-electron chi connectivity index (χ2n) is 7.15. The van der Waals surface area contributed by atoms with Crippen molar-refractivity contribution in [1.29, 1.82) is 0 Å². The molecule has 2 amide bonds. The number of carbonyl (C=O) groups excluding carboxylic acids is 2. The second-order valence-corrected chi connectivity index (χ2v) is 8.09. The molecule has 1 N–H and O–H groups in total. The first-order chi connectivity index (χ1) is 11.5. The molecule has 0 spiro atoms. The molecule has 0 saturated carbocycles. The van der Waals surface area contributed by atoms with Gasteiger partial charge in [-0.3, -0.25) is 9.59 Å². The van der Waals surface area contributed by atoms with Crippen LogP contribution in [0, 0.1) is 11.8 Å². The third kappa shape index (κ3) is 3.98. The molecule has 3 rings (SSSR count). The lowest BCUT2D eigenvalue weighted by Crippen LogP contribution is -2.46. The Labute approximate surface area is 148 Å². The van der Waals surface area contributed by atoms with Gasteiger partial charge in [0.15, 0.2) is 0 Å². The first-order valence-electron chi connectivity index (χ1n) is 8.86. The summed E-state index contributed by atoms with van der Waals surface area (Å²) in [6, 6.07) is 3.16. The topological polar surface area (TPSA) is 52.7 Å². The minimum absolute atomic E-state index is 0.0512. The van der Waals surface area contributed by atoms with Crippen LogP contribution in [0.1, 0.15) is 35.9 Å². The predicted molar refractivity (Wildman–Crippen MR) is 96.2 cm³/mol. The summed E-state index contributed by atoms with van der Waals surface area (Å²) in [6.07, 6.45) is 3.59. The molecule has 5 nitrogen and oxygen atoms in total. The van der Waals surface area contributed by atoms with Gasteiger partial charge in [-0.15, -0.1) is 11.3 Å².